The summed E-state index contributed by atoms with van der Waals surface area (Å²) >= 11 is 0. The average molecular weight is 173 g/mol. The van der Waals surface area contributed by atoms with Crippen LogP contribution in [0.15, 0.2) is 0 Å². The van der Waals surface area contributed by atoms with E-state index in [4.69, 9.17) is 0 Å². The summed E-state index contributed by atoms with van der Waals surface area (Å²) in [6, 6.07) is -1.52. The Morgan fingerprint density at radius 3 is 2.08 bits per heavy atom. The minimum absolute atomic E-state index is 0.634. The van der Waals surface area contributed by atoms with Crippen LogP contribution in [-0.2, 0) is 14.4 Å². The smallest absolute Gasteiger partial charge is 0.217 e. The number of aliphatic carboxylic acids is 2. The summed E-state index contributed by atoms with van der Waals surface area (Å²) in [5.74, 6) is -3.84. The van der Waals surface area contributed by atoms with Crippen LogP contribution in [0.5, 0.6) is 0 Å². The molecule has 68 valence electrons. The Kier molecular flexibility index (Phi) is 3.75. The van der Waals surface area contributed by atoms with Crippen molar-refractivity contribution in [1.82, 2.24) is 5.32 Å². The average Bonchev–Trinajstić information content (AvgIpc) is 1.83. The minimum Gasteiger partial charge on any atom is -0.550 e. The lowest BCUT2D eigenvalue weighted by atomic mass is 10.2. The molecule has 0 aromatic heterocycles. The molecule has 0 aliphatic rings. The van der Waals surface area contributed by atoms with Gasteiger partial charge in [0.15, 0.2) is 0 Å². The van der Waals surface area contributed by atoms with Gasteiger partial charge in [-0.25, -0.2) is 0 Å². The van der Waals surface area contributed by atoms with Crippen LogP contribution < -0.4 is 15.5 Å². The molecule has 0 bridgehead atoms. The molecule has 12 heavy (non-hydrogen) atoms. The normalized spacial score (nSPS) is 11.8. The van der Waals surface area contributed by atoms with E-state index in [9.17, 15) is 24.6 Å². The van der Waals surface area contributed by atoms with Gasteiger partial charge >= 0.3 is 0 Å². The molecule has 0 fully saturated rings. The van der Waals surface area contributed by atoms with Gasteiger partial charge in [0, 0.05) is 19.3 Å². The Labute approximate surface area is 68.2 Å². The Morgan fingerprint density at radius 2 is 1.83 bits per heavy atom. The lowest BCUT2D eigenvalue weighted by molar-refractivity contribution is -0.317. The molecule has 1 N–H and O–H groups in total. The Hall–Kier alpha value is -1.59. The number of carbonyl (C=O) groups is 3. The number of carboxylic acids is 2. The summed E-state index contributed by atoms with van der Waals surface area (Å²) in [4.78, 5) is 30.4. The van der Waals surface area contributed by atoms with E-state index in [1.165, 1.54) is 0 Å². The number of hydrogen-bond donors (Lipinski definition) is 1. The van der Waals surface area contributed by atoms with Gasteiger partial charge in [-0.3, -0.25) is 4.79 Å². The molecule has 0 aromatic rings. The van der Waals surface area contributed by atoms with Crippen LogP contribution >= 0.6 is 0 Å². The van der Waals surface area contributed by atoms with E-state index in [1.54, 1.807) is 0 Å². The highest BCUT2D eigenvalue weighted by molar-refractivity contribution is 5.84. The van der Waals surface area contributed by atoms with Gasteiger partial charge < -0.3 is 25.1 Å². The Balaban J connectivity index is 4.14. The fourth-order valence-electron chi connectivity index (χ4n) is 0.605. The lowest BCUT2D eigenvalue weighted by Crippen LogP contribution is -2.49. The van der Waals surface area contributed by atoms with Crippen LogP contribution in [0.2, 0.25) is 0 Å². The molecular formula is C6H7NO5-2. The maximum atomic E-state index is 10.3. The first-order valence-corrected chi connectivity index (χ1v) is 3.11. The van der Waals surface area contributed by atoms with E-state index in [0.717, 1.165) is 6.92 Å². The third kappa shape index (κ3) is 4.26. The van der Waals surface area contributed by atoms with Crippen LogP contribution in [0, 0.1) is 0 Å². The summed E-state index contributed by atoms with van der Waals surface area (Å²) in [6.07, 6.45) is -0.790. The molecule has 0 radical (unpaired) electrons. The second-order valence-electron chi connectivity index (χ2n) is 2.15. The Bertz CT molecular complexity index is 196. The van der Waals surface area contributed by atoms with Crippen LogP contribution in [0.3, 0.4) is 0 Å². The van der Waals surface area contributed by atoms with Crippen molar-refractivity contribution in [3.8, 4) is 0 Å². The van der Waals surface area contributed by atoms with Crippen molar-refractivity contribution >= 4 is 17.8 Å². The van der Waals surface area contributed by atoms with E-state index in [1.807, 2.05) is 5.32 Å². The van der Waals surface area contributed by atoms with Crippen molar-refractivity contribution in [3.05, 3.63) is 0 Å². The molecule has 0 heterocycles. The topological polar surface area (TPSA) is 109 Å². The third-order valence-corrected chi connectivity index (χ3v) is 1.03. The van der Waals surface area contributed by atoms with Gasteiger partial charge in [0.05, 0.1) is 12.0 Å². The second kappa shape index (κ2) is 4.32. The van der Waals surface area contributed by atoms with Gasteiger partial charge in [0.2, 0.25) is 5.91 Å². The largest absolute Gasteiger partial charge is 0.550 e. The number of hydrogen-bond acceptors (Lipinski definition) is 5. The number of carboxylic acid groups (broad SMARTS) is 2. The van der Waals surface area contributed by atoms with Crippen LogP contribution in [0.25, 0.3) is 0 Å². The van der Waals surface area contributed by atoms with E-state index in [0.29, 0.717) is 0 Å². The molecule has 0 rings (SSSR count). The molecule has 6 nitrogen and oxygen atoms in total. The molecule has 0 aromatic carbocycles. The van der Waals surface area contributed by atoms with Gasteiger partial charge in [-0.1, -0.05) is 0 Å². The van der Waals surface area contributed by atoms with Gasteiger partial charge in [0.25, 0.3) is 0 Å². The standard InChI is InChI=1S/C6H9NO5/c1-3(8)7-4(6(11)12)2-5(9)10/h4H,2H2,1H3,(H,7,8)(H,9,10)(H,11,12)/p-2/t4-/m0/s1. The van der Waals surface area contributed by atoms with Gasteiger partial charge in [-0.05, 0) is 0 Å². The predicted molar refractivity (Wildman–Crippen MR) is 32.2 cm³/mol. The van der Waals surface area contributed by atoms with Crippen LogP contribution in [0.4, 0.5) is 0 Å². The summed E-state index contributed by atoms with van der Waals surface area (Å²) in [5.41, 5.74) is 0. The summed E-state index contributed by atoms with van der Waals surface area (Å²) < 4.78 is 0. The zero-order valence-electron chi connectivity index (χ0n) is 6.33. The zero-order chi connectivity index (χ0) is 9.72. The predicted octanol–water partition coefficient (Wildman–Crippen LogP) is -3.62. The molecule has 0 saturated carbocycles. The molecule has 0 aliphatic heterocycles. The van der Waals surface area contributed by atoms with E-state index >= 15 is 0 Å². The van der Waals surface area contributed by atoms with Crippen LogP contribution in [-0.4, -0.2) is 23.9 Å². The van der Waals surface area contributed by atoms with Gasteiger partial charge in [-0.2, -0.15) is 0 Å². The molecule has 1 atom stereocenters. The quantitative estimate of drug-likeness (QED) is 0.472. The first-order chi connectivity index (χ1) is 5.43. The maximum absolute atomic E-state index is 10.3. The van der Waals surface area contributed by atoms with Gasteiger partial charge in [-0.15, -0.1) is 0 Å². The number of rotatable bonds is 4. The van der Waals surface area contributed by atoms with E-state index < -0.39 is 30.3 Å². The molecule has 6 heteroatoms. The minimum atomic E-state index is -1.64. The molecular weight excluding hydrogens is 166 g/mol. The molecule has 1 amide bonds. The molecule has 0 unspecified atom stereocenters. The highest BCUT2D eigenvalue weighted by Crippen LogP contribution is 1.88. The first-order valence-electron chi connectivity index (χ1n) is 3.11. The second-order valence-corrected chi connectivity index (χ2v) is 2.15. The fourth-order valence-corrected chi connectivity index (χ4v) is 0.605. The van der Waals surface area contributed by atoms with Crippen molar-refractivity contribution < 1.29 is 24.6 Å². The first kappa shape index (κ1) is 10.4. The van der Waals surface area contributed by atoms with Gasteiger partial charge in [0.1, 0.15) is 0 Å². The monoisotopic (exact) mass is 173 g/mol. The number of nitrogens with one attached hydrogen (secondary N) is 1. The van der Waals surface area contributed by atoms with E-state index in [-0.39, 0.29) is 0 Å². The van der Waals surface area contributed by atoms with Crippen LogP contribution in [0.1, 0.15) is 13.3 Å². The lowest BCUT2D eigenvalue weighted by Gasteiger charge is -2.18. The fraction of sp³-hybridized carbons (Fsp3) is 0.500. The number of carbonyl (C=O) groups excluding carboxylic acids is 3. The highest BCUT2D eigenvalue weighted by Gasteiger charge is 2.10. The highest BCUT2D eigenvalue weighted by atomic mass is 16.4. The molecule has 0 spiro atoms. The summed E-state index contributed by atoms with van der Waals surface area (Å²) in [6.45, 7) is 1.07. The summed E-state index contributed by atoms with van der Waals surface area (Å²) in [5, 5.41) is 22.0. The molecule has 0 aliphatic carbocycles. The summed E-state index contributed by atoms with van der Waals surface area (Å²) in [7, 11) is 0. The van der Waals surface area contributed by atoms with Crippen molar-refractivity contribution in [2.75, 3.05) is 0 Å². The SMILES string of the molecule is CC(=O)N[C@@H](CC(=O)[O-])C(=O)[O-]. The van der Waals surface area contributed by atoms with Crippen molar-refractivity contribution in [3.63, 3.8) is 0 Å². The maximum Gasteiger partial charge on any atom is 0.217 e. The number of amides is 1. The Morgan fingerprint density at radius 1 is 1.33 bits per heavy atom. The third-order valence-electron chi connectivity index (χ3n) is 1.03. The zero-order valence-corrected chi connectivity index (χ0v) is 6.33. The van der Waals surface area contributed by atoms with Crippen molar-refractivity contribution in [1.29, 1.82) is 0 Å². The van der Waals surface area contributed by atoms with Crippen molar-refractivity contribution in [2.45, 2.75) is 19.4 Å². The molecule has 0 saturated heterocycles. The van der Waals surface area contributed by atoms with Crippen molar-refractivity contribution in [2.24, 2.45) is 0 Å². The van der Waals surface area contributed by atoms with E-state index in [2.05, 4.69) is 0 Å².